The molecule has 2 aliphatic rings. The number of hydrogen-bond acceptors (Lipinski definition) is 6. The molecular weight excluding hydrogens is 396 g/mol. The SMILES string of the molecule is COc1ccc(Cc2cc(C3OC(CO)C(O)C(O)C3O)c3c(c2C)CCCC3)cc1. The first-order valence-electron chi connectivity index (χ1n) is 11.0. The molecule has 1 aliphatic carbocycles. The zero-order chi connectivity index (χ0) is 22.1. The molecule has 168 valence electrons. The van der Waals surface area contributed by atoms with Crippen LogP contribution in [0.4, 0.5) is 0 Å². The van der Waals surface area contributed by atoms with Crippen LogP contribution in [0.5, 0.6) is 5.75 Å². The predicted octanol–water partition coefficient (Wildman–Crippen LogP) is 1.99. The highest BCUT2D eigenvalue weighted by molar-refractivity contribution is 5.50. The molecule has 1 fully saturated rings. The lowest BCUT2D eigenvalue weighted by atomic mass is 9.78. The summed E-state index contributed by atoms with van der Waals surface area (Å²) in [6.07, 6.45) is -0.911. The number of aliphatic hydroxyl groups is 4. The Labute approximate surface area is 183 Å². The van der Waals surface area contributed by atoms with Gasteiger partial charge in [0.05, 0.1) is 13.7 Å². The summed E-state index contributed by atoms with van der Waals surface area (Å²) in [4.78, 5) is 0. The molecule has 0 spiro atoms. The molecule has 0 bridgehead atoms. The zero-order valence-electron chi connectivity index (χ0n) is 18.1. The third-order valence-electron chi connectivity index (χ3n) is 6.83. The number of hydrogen-bond donors (Lipinski definition) is 4. The fourth-order valence-corrected chi connectivity index (χ4v) is 4.97. The Balaban J connectivity index is 1.75. The molecule has 5 unspecified atom stereocenters. The Morgan fingerprint density at radius 3 is 2.29 bits per heavy atom. The average Bonchev–Trinajstić information content (AvgIpc) is 2.80. The molecule has 31 heavy (non-hydrogen) atoms. The average molecular weight is 429 g/mol. The van der Waals surface area contributed by atoms with Crippen molar-refractivity contribution in [1.29, 1.82) is 0 Å². The van der Waals surface area contributed by atoms with Gasteiger partial charge in [-0.3, -0.25) is 0 Å². The monoisotopic (exact) mass is 428 g/mol. The second-order valence-corrected chi connectivity index (χ2v) is 8.69. The van der Waals surface area contributed by atoms with Crippen LogP contribution in [0.25, 0.3) is 0 Å². The Morgan fingerprint density at radius 1 is 0.968 bits per heavy atom. The molecule has 4 rings (SSSR count). The van der Waals surface area contributed by atoms with Gasteiger partial charge in [-0.1, -0.05) is 18.2 Å². The first-order valence-corrected chi connectivity index (χ1v) is 11.0. The maximum atomic E-state index is 10.8. The molecular formula is C25H32O6. The van der Waals surface area contributed by atoms with Crippen molar-refractivity contribution in [2.75, 3.05) is 13.7 Å². The second kappa shape index (κ2) is 9.27. The topological polar surface area (TPSA) is 99.4 Å². The minimum Gasteiger partial charge on any atom is -0.497 e. The van der Waals surface area contributed by atoms with Crippen molar-refractivity contribution in [3.05, 3.63) is 63.7 Å². The lowest BCUT2D eigenvalue weighted by molar-refractivity contribution is -0.231. The Kier molecular flexibility index (Phi) is 6.65. The van der Waals surface area contributed by atoms with Crippen LogP contribution in [-0.2, 0) is 24.0 Å². The summed E-state index contributed by atoms with van der Waals surface area (Å²) in [7, 11) is 1.65. The molecule has 1 heterocycles. The van der Waals surface area contributed by atoms with Crippen molar-refractivity contribution in [2.45, 2.75) is 69.5 Å². The highest BCUT2D eigenvalue weighted by Crippen LogP contribution is 2.39. The summed E-state index contributed by atoms with van der Waals surface area (Å²) in [6, 6.07) is 10.1. The van der Waals surface area contributed by atoms with Gasteiger partial charge in [0.2, 0.25) is 0 Å². The summed E-state index contributed by atoms with van der Waals surface area (Å²) >= 11 is 0. The third-order valence-corrected chi connectivity index (χ3v) is 6.83. The van der Waals surface area contributed by atoms with E-state index in [4.69, 9.17) is 9.47 Å². The lowest BCUT2D eigenvalue weighted by Gasteiger charge is -2.41. The number of fused-ring (bicyclic) bond motifs is 1. The standard InChI is InChI=1S/C25H32O6/c1-14-16(11-15-7-9-17(30-2)10-8-15)12-20(19-6-4-3-5-18(14)19)25-24(29)23(28)22(27)21(13-26)31-25/h7-10,12,21-29H,3-6,11,13H2,1-2H3. The van der Waals surface area contributed by atoms with E-state index >= 15 is 0 Å². The van der Waals surface area contributed by atoms with Gasteiger partial charge in [-0.2, -0.15) is 0 Å². The van der Waals surface area contributed by atoms with Crippen molar-refractivity contribution < 1.29 is 29.9 Å². The highest BCUT2D eigenvalue weighted by Gasteiger charge is 2.45. The van der Waals surface area contributed by atoms with Gasteiger partial charge in [-0.15, -0.1) is 0 Å². The molecule has 6 nitrogen and oxygen atoms in total. The molecule has 0 radical (unpaired) electrons. The number of ether oxygens (including phenoxy) is 2. The fraction of sp³-hybridized carbons (Fsp3) is 0.520. The molecule has 2 aromatic carbocycles. The van der Waals surface area contributed by atoms with E-state index in [0.29, 0.717) is 0 Å². The minimum atomic E-state index is -1.37. The van der Waals surface area contributed by atoms with Crippen molar-refractivity contribution in [3.63, 3.8) is 0 Å². The molecule has 0 amide bonds. The van der Waals surface area contributed by atoms with Crippen LogP contribution in [0.3, 0.4) is 0 Å². The highest BCUT2D eigenvalue weighted by atomic mass is 16.5. The van der Waals surface area contributed by atoms with Crippen LogP contribution in [0, 0.1) is 6.92 Å². The smallest absolute Gasteiger partial charge is 0.118 e. The predicted molar refractivity (Wildman–Crippen MR) is 116 cm³/mol. The first-order chi connectivity index (χ1) is 14.9. The summed E-state index contributed by atoms with van der Waals surface area (Å²) in [5.74, 6) is 0.813. The minimum absolute atomic E-state index is 0.422. The molecule has 2 aromatic rings. The molecule has 5 atom stereocenters. The summed E-state index contributed by atoms with van der Waals surface area (Å²) < 4.78 is 11.2. The number of benzene rings is 2. The zero-order valence-corrected chi connectivity index (χ0v) is 18.1. The molecule has 6 heteroatoms. The van der Waals surface area contributed by atoms with Gasteiger partial charge in [0.15, 0.2) is 0 Å². The summed E-state index contributed by atoms with van der Waals surface area (Å²) in [5.41, 5.74) is 6.90. The summed E-state index contributed by atoms with van der Waals surface area (Å²) in [5, 5.41) is 40.9. The maximum Gasteiger partial charge on any atom is 0.118 e. The van der Waals surface area contributed by atoms with E-state index in [1.807, 2.05) is 24.3 Å². The van der Waals surface area contributed by atoms with Gasteiger partial charge in [0, 0.05) is 0 Å². The number of methoxy groups -OCH3 is 1. The molecule has 1 aliphatic heterocycles. The second-order valence-electron chi connectivity index (χ2n) is 8.69. The van der Waals surface area contributed by atoms with Crippen LogP contribution in [0.1, 0.15) is 52.3 Å². The maximum absolute atomic E-state index is 10.8. The van der Waals surface area contributed by atoms with Crippen molar-refractivity contribution >= 4 is 0 Å². The van der Waals surface area contributed by atoms with Gasteiger partial charge in [0.25, 0.3) is 0 Å². The molecule has 4 N–H and O–H groups in total. The van der Waals surface area contributed by atoms with Crippen LogP contribution < -0.4 is 4.74 Å². The van der Waals surface area contributed by atoms with E-state index in [9.17, 15) is 20.4 Å². The van der Waals surface area contributed by atoms with Crippen molar-refractivity contribution in [2.24, 2.45) is 0 Å². The Hall–Kier alpha value is -1.96. The Bertz CT molecular complexity index is 907. The fourth-order valence-electron chi connectivity index (χ4n) is 4.97. The lowest BCUT2D eigenvalue weighted by Crippen LogP contribution is -2.55. The first kappa shape index (κ1) is 22.2. The van der Waals surface area contributed by atoms with Crippen LogP contribution in [0.15, 0.2) is 30.3 Å². The molecule has 1 saturated heterocycles. The van der Waals surface area contributed by atoms with Crippen LogP contribution >= 0.6 is 0 Å². The van der Waals surface area contributed by atoms with Gasteiger partial charge in [-0.05, 0) is 84.5 Å². The normalized spacial score (nSPS) is 28.3. The van der Waals surface area contributed by atoms with Gasteiger partial charge < -0.3 is 29.9 Å². The van der Waals surface area contributed by atoms with Crippen LogP contribution in [0.2, 0.25) is 0 Å². The van der Waals surface area contributed by atoms with E-state index in [1.54, 1.807) is 7.11 Å². The van der Waals surface area contributed by atoms with Gasteiger partial charge in [-0.25, -0.2) is 0 Å². The number of aliphatic hydroxyl groups excluding tert-OH is 4. The van der Waals surface area contributed by atoms with Gasteiger partial charge >= 0.3 is 0 Å². The summed E-state index contributed by atoms with van der Waals surface area (Å²) in [6.45, 7) is 1.73. The third kappa shape index (κ3) is 4.23. The van der Waals surface area contributed by atoms with Gasteiger partial charge in [0.1, 0.15) is 36.3 Å². The van der Waals surface area contributed by atoms with Crippen molar-refractivity contribution in [1.82, 2.24) is 0 Å². The largest absolute Gasteiger partial charge is 0.497 e. The van der Waals surface area contributed by atoms with E-state index in [1.165, 1.54) is 16.7 Å². The van der Waals surface area contributed by atoms with Crippen molar-refractivity contribution in [3.8, 4) is 5.75 Å². The Morgan fingerprint density at radius 2 is 1.65 bits per heavy atom. The van der Waals surface area contributed by atoms with Crippen LogP contribution in [-0.4, -0.2) is 58.6 Å². The quantitative estimate of drug-likeness (QED) is 0.581. The molecule has 0 aromatic heterocycles. The number of rotatable bonds is 5. The van der Waals surface area contributed by atoms with E-state index in [2.05, 4.69) is 13.0 Å². The van der Waals surface area contributed by atoms with E-state index in [0.717, 1.165) is 54.5 Å². The molecule has 0 saturated carbocycles. The van der Waals surface area contributed by atoms with E-state index in [-0.39, 0.29) is 0 Å². The van der Waals surface area contributed by atoms with E-state index < -0.39 is 37.1 Å².